The zero-order valence-corrected chi connectivity index (χ0v) is 18.4. The summed E-state index contributed by atoms with van der Waals surface area (Å²) in [5.41, 5.74) is 2.90. The van der Waals surface area contributed by atoms with E-state index >= 15 is 0 Å². The van der Waals surface area contributed by atoms with Gasteiger partial charge in [0.25, 0.3) is 0 Å². The zero-order chi connectivity index (χ0) is 22.6. The molecule has 162 valence electrons. The minimum absolute atomic E-state index is 0.00110. The number of Topliss-reactive ketones (excluding diaryl/α,β-unsaturated/α-hetero) is 1. The number of benzene rings is 3. The van der Waals surface area contributed by atoms with Crippen molar-refractivity contribution in [3.05, 3.63) is 108 Å². The van der Waals surface area contributed by atoms with Crippen LogP contribution in [0.15, 0.2) is 91.0 Å². The Kier molecular flexibility index (Phi) is 6.22. The van der Waals surface area contributed by atoms with Crippen molar-refractivity contribution in [1.82, 2.24) is 0 Å². The molecular weight excluding hydrogens is 398 g/mol. The van der Waals surface area contributed by atoms with E-state index in [1.807, 2.05) is 54.6 Å². The van der Waals surface area contributed by atoms with Crippen molar-refractivity contribution in [3.8, 4) is 5.75 Å². The molecule has 0 spiro atoms. The third-order valence-electron chi connectivity index (χ3n) is 6.30. The van der Waals surface area contributed by atoms with Gasteiger partial charge >= 0.3 is 0 Å². The van der Waals surface area contributed by atoms with Crippen molar-refractivity contribution < 1.29 is 14.3 Å². The van der Waals surface area contributed by atoms with E-state index in [1.165, 1.54) is 0 Å². The predicted molar refractivity (Wildman–Crippen MR) is 127 cm³/mol. The van der Waals surface area contributed by atoms with Crippen LogP contribution in [0.5, 0.6) is 5.75 Å². The van der Waals surface area contributed by atoms with Crippen molar-refractivity contribution in [2.24, 2.45) is 5.92 Å². The van der Waals surface area contributed by atoms with Gasteiger partial charge in [0, 0.05) is 17.7 Å². The SMILES string of the molecule is COc1ccc(C(=O)C/C=C/C(C)[C@@]2(Cc3ccccc3)C(=O)Nc3ccccc32)cc1. The first-order chi connectivity index (χ1) is 15.5. The number of hydrogen-bond acceptors (Lipinski definition) is 3. The van der Waals surface area contributed by atoms with Crippen LogP contribution in [0.25, 0.3) is 0 Å². The number of para-hydroxylation sites is 1. The largest absolute Gasteiger partial charge is 0.497 e. The van der Waals surface area contributed by atoms with Crippen LogP contribution in [0, 0.1) is 5.92 Å². The van der Waals surface area contributed by atoms with E-state index in [9.17, 15) is 9.59 Å². The van der Waals surface area contributed by atoms with Gasteiger partial charge < -0.3 is 10.1 Å². The smallest absolute Gasteiger partial charge is 0.236 e. The van der Waals surface area contributed by atoms with Gasteiger partial charge in [-0.3, -0.25) is 9.59 Å². The van der Waals surface area contributed by atoms with E-state index in [1.54, 1.807) is 31.4 Å². The lowest BCUT2D eigenvalue weighted by molar-refractivity contribution is -0.122. The molecule has 0 aliphatic carbocycles. The molecule has 4 heteroatoms. The fourth-order valence-electron chi connectivity index (χ4n) is 4.48. The number of nitrogens with one attached hydrogen (secondary N) is 1. The van der Waals surface area contributed by atoms with Crippen LogP contribution in [0.4, 0.5) is 5.69 Å². The van der Waals surface area contributed by atoms with E-state index in [4.69, 9.17) is 4.74 Å². The summed E-state index contributed by atoms with van der Waals surface area (Å²) in [5, 5.41) is 3.07. The molecule has 32 heavy (non-hydrogen) atoms. The first-order valence-electron chi connectivity index (χ1n) is 10.8. The van der Waals surface area contributed by atoms with Gasteiger partial charge in [0.1, 0.15) is 5.75 Å². The van der Waals surface area contributed by atoms with Crippen LogP contribution in [-0.4, -0.2) is 18.8 Å². The summed E-state index contributed by atoms with van der Waals surface area (Å²) in [5.74, 6) is 0.653. The first-order valence-corrected chi connectivity index (χ1v) is 10.8. The summed E-state index contributed by atoms with van der Waals surface area (Å²) >= 11 is 0. The Bertz CT molecular complexity index is 1130. The maximum atomic E-state index is 13.4. The maximum Gasteiger partial charge on any atom is 0.236 e. The van der Waals surface area contributed by atoms with Crippen LogP contribution in [-0.2, 0) is 16.6 Å². The van der Waals surface area contributed by atoms with Crippen LogP contribution in [0.1, 0.15) is 34.8 Å². The number of fused-ring (bicyclic) bond motifs is 1. The minimum Gasteiger partial charge on any atom is -0.497 e. The van der Waals surface area contributed by atoms with Gasteiger partial charge in [-0.2, -0.15) is 0 Å². The average molecular weight is 426 g/mol. The Balaban J connectivity index is 1.59. The summed E-state index contributed by atoms with van der Waals surface area (Å²) in [6.45, 7) is 2.05. The lowest BCUT2D eigenvalue weighted by Gasteiger charge is -2.32. The molecule has 0 radical (unpaired) electrons. The third kappa shape index (κ3) is 4.09. The molecule has 1 aliphatic rings. The van der Waals surface area contributed by atoms with Crippen molar-refractivity contribution in [2.45, 2.75) is 25.2 Å². The second kappa shape index (κ2) is 9.23. The summed E-state index contributed by atoms with van der Waals surface area (Å²) in [4.78, 5) is 26.0. The molecule has 1 unspecified atom stereocenters. The van der Waals surface area contributed by atoms with Crippen molar-refractivity contribution in [1.29, 1.82) is 0 Å². The van der Waals surface area contributed by atoms with Crippen molar-refractivity contribution in [2.75, 3.05) is 12.4 Å². The van der Waals surface area contributed by atoms with E-state index in [-0.39, 0.29) is 24.0 Å². The zero-order valence-electron chi connectivity index (χ0n) is 18.4. The molecule has 3 aromatic carbocycles. The second-order valence-electron chi connectivity index (χ2n) is 8.21. The Hall–Kier alpha value is -3.66. The lowest BCUT2D eigenvalue weighted by Crippen LogP contribution is -2.42. The molecule has 1 amide bonds. The van der Waals surface area contributed by atoms with Crippen LogP contribution in [0.2, 0.25) is 0 Å². The average Bonchev–Trinajstić information content (AvgIpc) is 3.11. The number of ether oxygens (including phenoxy) is 1. The molecule has 1 aliphatic heterocycles. The molecule has 0 bridgehead atoms. The number of hydrogen-bond donors (Lipinski definition) is 1. The van der Waals surface area contributed by atoms with Crippen LogP contribution >= 0.6 is 0 Å². The number of rotatable bonds is 8. The van der Waals surface area contributed by atoms with E-state index in [0.29, 0.717) is 12.0 Å². The first kappa shape index (κ1) is 21.6. The van der Waals surface area contributed by atoms with Crippen molar-refractivity contribution in [3.63, 3.8) is 0 Å². The van der Waals surface area contributed by atoms with Gasteiger partial charge in [0.05, 0.1) is 12.5 Å². The highest BCUT2D eigenvalue weighted by atomic mass is 16.5. The van der Waals surface area contributed by atoms with E-state index < -0.39 is 5.41 Å². The van der Waals surface area contributed by atoms with Gasteiger partial charge in [-0.05, 0) is 53.8 Å². The fourth-order valence-corrected chi connectivity index (χ4v) is 4.48. The number of allylic oxidation sites excluding steroid dienone is 2. The number of anilines is 1. The van der Waals surface area contributed by atoms with Gasteiger partial charge in [0.2, 0.25) is 5.91 Å². The molecule has 2 atom stereocenters. The van der Waals surface area contributed by atoms with Gasteiger partial charge in [-0.25, -0.2) is 0 Å². The van der Waals surface area contributed by atoms with Gasteiger partial charge in [-0.1, -0.05) is 67.6 Å². The fraction of sp³-hybridized carbons (Fsp3) is 0.214. The monoisotopic (exact) mass is 425 g/mol. The molecule has 3 aromatic rings. The molecule has 4 rings (SSSR count). The Morgan fingerprint density at radius 3 is 2.41 bits per heavy atom. The van der Waals surface area contributed by atoms with Crippen LogP contribution < -0.4 is 10.1 Å². The number of carbonyl (C=O) groups is 2. The summed E-state index contributed by atoms with van der Waals surface area (Å²) in [6, 6.07) is 25.1. The molecular formula is C28H27NO3. The topological polar surface area (TPSA) is 55.4 Å². The highest BCUT2D eigenvalue weighted by Crippen LogP contribution is 2.45. The standard InChI is InChI=1S/C28H27NO3/c1-20(9-8-14-26(30)22-15-17-23(32-2)18-16-22)28(19-21-10-4-3-5-11-21)24-12-6-7-13-25(24)29-27(28)31/h3-13,15-18,20H,14,19H2,1-2H3,(H,29,31)/b9-8+/t20?,28-/m1/s1. The number of carbonyl (C=O) groups excluding carboxylic acids is 2. The normalized spacial score (nSPS) is 18.2. The Morgan fingerprint density at radius 1 is 1.00 bits per heavy atom. The summed E-state index contributed by atoms with van der Waals surface area (Å²) in [7, 11) is 1.60. The molecule has 0 aromatic heterocycles. The van der Waals surface area contributed by atoms with Gasteiger partial charge in [0.15, 0.2) is 5.78 Å². The molecule has 1 heterocycles. The van der Waals surface area contributed by atoms with Crippen LogP contribution in [0.3, 0.4) is 0 Å². The van der Waals surface area contributed by atoms with E-state index in [2.05, 4.69) is 24.4 Å². The molecule has 0 fully saturated rings. The Labute approximate surface area is 188 Å². The molecule has 0 saturated heterocycles. The molecule has 0 saturated carbocycles. The number of amides is 1. The van der Waals surface area contributed by atoms with E-state index in [0.717, 1.165) is 22.6 Å². The molecule has 1 N–H and O–H groups in total. The quantitative estimate of drug-likeness (QED) is 0.378. The summed E-state index contributed by atoms with van der Waals surface area (Å²) < 4.78 is 5.15. The third-order valence-corrected chi connectivity index (χ3v) is 6.30. The minimum atomic E-state index is -0.725. The van der Waals surface area contributed by atoms with Gasteiger partial charge in [-0.15, -0.1) is 0 Å². The maximum absolute atomic E-state index is 13.4. The number of ketones is 1. The lowest BCUT2D eigenvalue weighted by atomic mass is 9.68. The molecule has 4 nitrogen and oxygen atoms in total. The highest BCUT2D eigenvalue weighted by Gasteiger charge is 2.49. The number of methoxy groups -OCH3 is 1. The van der Waals surface area contributed by atoms with Crippen molar-refractivity contribution >= 4 is 17.4 Å². The summed E-state index contributed by atoms with van der Waals surface area (Å²) in [6.07, 6.45) is 4.76. The second-order valence-corrected chi connectivity index (χ2v) is 8.21. The predicted octanol–water partition coefficient (Wildman–Crippen LogP) is 5.59. The Morgan fingerprint density at radius 2 is 1.69 bits per heavy atom. The highest BCUT2D eigenvalue weighted by molar-refractivity contribution is 6.07.